The Labute approximate surface area is 103 Å². The van der Waals surface area contributed by atoms with Crippen molar-refractivity contribution in [3.63, 3.8) is 0 Å². The fourth-order valence-electron chi connectivity index (χ4n) is 0.849. The zero-order chi connectivity index (χ0) is 14.2. The van der Waals surface area contributed by atoms with Crippen molar-refractivity contribution in [3.8, 4) is 0 Å². The summed E-state index contributed by atoms with van der Waals surface area (Å²) in [5.74, 6) is -1.48. The standard InChI is InChI=1S/C11H15F3O4/c1-8(2)10(16)18-7-3-6-17-9(15)4-5-11(12,13)14/h1,3-7H2,2H3. The third kappa shape index (κ3) is 9.68. The lowest BCUT2D eigenvalue weighted by molar-refractivity contribution is -0.157. The molecule has 0 fully saturated rings. The molecule has 0 saturated heterocycles. The maximum atomic E-state index is 11.7. The van der Waals surface area contributed by atoms with Gasteiger partial charge in [-0.15, -0.1) is 0 Å². The average Bonchev–Trinajstić information content (AvgIpc) is 2.24. The third-order valence-electron chi connectivity index (χ3n) is 1.75. The first kappa shape index (κ1) is 16.5. The van der Waals surface area contributed by atoms with Crippen molar-refractivity contribution in [2.75, 3.05) is 13.2 Å². The Balaban J connectivity index is 3.52. The van der Waals surface area contributed by atoms with Crippen LogP contribution in [0.1, 0.15) is 26.2 Å². The number of rotatable bonds is 7. The lowest BCUT2D eigenvalue weighted by atomic mass is 10.3. The molecule has 0 bridgehead atoms. The van der Waals surface area contributed by atoms with Gasteiger partial charge < -0.3 is 9.47 Å². The fourth-order valence-corrected chi connectivity index (χ4v) is 0.849. The smallest absolute Gasteiger partial charge is 0.389 e. The van der Waals surface area contributed by atoms with Crippen LogP contribution in [0.2, 0.25) is 0 Å². The first-order valence-corrected chi connectivity index (χ1v) is 5.27. The summed E-state index contributed by atoms with van der Waals surface area (Å²) in [6, 6.07) is 0. The van der Waals surface area contributed by atoms with Crippen LogP contribution in [0, 0.1) is 0 Å². The molecule has 0 radical (unpaired) electrons. The van der Waals surface area contributed by atoms with E-state index in [2.05, 4.69) is 16.1 Å². The molecule has 0 rings (SSSR count). The van der Waals surface area contributed by atoms with Crippen LogP contribution >= 0.6 is 0 Å². The predicted molar refractivity (Wildman–Crippen MR) is 56.6 cm³/mol. The zero-order valence-electron chi connectivity index (χ0n) is 10.0. The molecule has 0 aliphatic rings. The third-order valence-corrected chi connectivity index (χ3v) is 1.75. The maximum absolute atomic E-state index is 11.7. The minimum absolute atomic E-state index is 0.0260. The first-order chi connectivity index (χ1) is 8.22. The molecule has 0 atom stereocenters. The highest BCUT2D eigenvalue weighted by Crippen LogP contribution is 2.21. The van der Waals surface area contributed by atoms with Gasteiger partial charge in [0.05, 0.1) is 26.1 Å². The number of hydrogen-bond acceptors (Lipinski definition) is 4. The normalized spacial score (nSPS) is 10.9. The molecule has 0 heterocycles. The summed E-state index contributed by atoms with van der Waals surface area (Å²) >= 11 is 0. The van der Waals surface area contributed by atoms with Gasteiger partial charge in [-0.05, 0) is 6.92 Å². The average molecular weight is 268 g/mol. The number of halogens is 3. The van der Waals surface area contributed by atoms with Crippen molar-refractivity contribution in [3.05, 3.63) is 12.2 Å². The monoisotopic (exact) mass is 268 g/mol. The number of hydrogen-bond donors (Lipinski definition) is 0. The SMILES string of the molecule is C=C(C)C(=O)OCCCOC(=O)CCC(F)(F)F. The fraction of sp³-hybridized carbons (Fsp3) is 0.636. The van der Waals surface area contributed by atoms with E-state index in [4.69, 9.17) is 0 Å². The van der Waals surface area contributed by atoms with Crippen LogP contribution in [0.25, 0.3) is 0 Å². The molecule has 0 N–H and O–H groups in total. The van der Waals surface area contributed by atoms with E-state index in [1.165, 1.54) is 6.92 Å². The van der Waals surface area contributed by atoms with E-state index >= 15 is 0 Å². The quantitative estimate of drug-likeness (QED) is 0.404. The van der Waals surface area contributed by atoms with Crippen molar-refractivity contribution in [2.24, 2.45) is 0 Å². The van der Waals surface area contributed by atoms with Crippen LogP contribution in [-0.4, -0.2) is 31.3 Å². The summed E-state index contributed by atoms with van der Waals surface area (Å²) < 4.78 is 44.5. The van der Waals surface area contributed by atoms with E-state index in [0.29, 0.717) is 0 Å². The molecule has 0 spiro atoms. The highest BCUT2D eigenvalue weighted by atomic mass is 19.4. The Kier molecular flexibility index (Phi) is 7.07. The van der Waals surface area contributed by atoms with E-state index in [-0.39, 0.29) is 25.2 Å². The van der Waals surface area contributed by atoms with Crippen LogP contribution in [0.3, 0.4) is 0 Å². The van der Waals surface area contributed by atoms with Gasteiger partial charge >= 0.3 is 18.1 Å². The summed E-state index contributed by atoms with van der Waals surface area (Å²) in [6.07, 6.45) is -6.03. The molecule has 7 heteroatoms. The molecule has 4 nitrogen and oxygen atoms in total. The second-order valence-electron chi connectivity index (χ2n) is 3.61. The minimum Gasteiger partial charge on any atom is -0.466 e. The minimum atomic E-state index is -4.37. The lowest BCUT2D eigenvalue weighted by Crippen LogP contribution is -2.14. The van der Waals surface area contributed by atoms with Crippen molar-refractivity contribution in [1.82, 2.24) is 0 Å². The van der Waals surface area contributed by atoms with Gasteiger partial charge in [0.15, 0.2) is 0 Å². The van der Waals surface area contributed by atoms with E-state index < -0.39 is 31.0 Å². The van der Waals surface area contributed by atoms with Crippen LogP contribution in [0.5, 0.6) is 0 Å². The molecular formula is C11H15F3O4. The van der Waals surface area contributed by atoms with Gasteiger partial charge in [-0.3, -0.25) is 4.79 Å². The highest BCUT2D eigenvalue weighted by molar-refractivity contribution is 5.86. The molecule has 18 heavy (non-hydrogen) atoms. The second kappa shape index (κ2) is 7.73. The van der Waals surface area contributed by atoms with E-state index in [0.717, 1.165) is 0 Å². The number of ether oxygens (including phenoxy) is 2. The number of carbonyl (C=O) groups excluding carboxylic acids is 2. The predicted octanol–water partition coefficient (Wildman–Crippen LogP) is 2.38. The Morgan fingerprint density at radius 3 is 2.22 bits per heavy atom. The Hall–Kier alpha value is -1.53. The van der Waals surface area contributed by atoms with Gasteiger partial charge in [0.25, 0.3) is 0 Å². The van der Waals surface area contributed by atoms with E-state index in [1.54, 1.807) is 0 Å². The lowest BCUT2D eigenvalue weighted by Gasteiger charge is -2.07. The molecule has 0 aliphatic heterocycles. The summed E-state index contributed by atoms with van der Waals surface area (Å²) in [5, 5.41) is 0. The van der Waals surface area contributed by atoms with Gasteiger partial charge in [-0.2, -0.15) is 13.2 Å². The van der Waals surface area contributed by atoms with Gasteiger partial charge in [-0.25, -0.2) is 4.79 Å². The van der Waals surface area contributed by atoms with Crippen LogP contribution in [0.4, 0.5) is 13.2 Å². The highest BCUT2D eigenvalue weighted by Gasteiger charge is 2.28. The summed E-state index contributed by atoms with van der Waals surface area (Å²) in [5.41, 5.74) is 0.247. The van der Waals surface area contributed by atoms with Crippen LogP contribution in [-0.2, 0) is 19.1 Å². The summed E-state index contributed by atoms with van der Waals surface area (Å²) in [7, 11) is 0. The van der Waals surface area contributed by atoms with Crippen LogP contribution < -0.4 is 0 Å². The molecule has 0 aliphatic carbocycles. The van der Waals surface area contributed by atoms with Crippen molar-refractivity contribution >= 4 is 11.9 Å². The Morgan fingerprint density at radius 1 is 1.17 bits per heavy atom. The number of carbonyl (C=O) groups is 2. The van der Waals surface area contributed by atoms with E-state index in [9.17, 15) is 22.8 Å². The largest absolute Gasteiger partial charge is 0.466 e. The zero-order valence-corrected chi connectivity index (χ0v) is 10.0. The first-order valence-electron chi connectivity index (χ1n) is 5.27. The molecule has 104 valence electrons. The molecule has 0 aromatic carbocycles. The van der Waals surface area contributed by atoms with Gasteiger partial charge in [0, 0.05) is 12.0 Å². The summed E-state index contributed by atoms with van der Waals surface area (Å²) in [6.45, 7) is 4.79. The molecule has 0 unspecified atom stereocenters. The number of esters is 2. The Morgan fingerprint density at radius 2 is 1.72 bits per heavy atom. The number of alkyl halides is 3. The molecular weight excluding hydrogens is 253 g/mol. The molecule has 0 amide bonds. The maximum Gasteiger partial charge on any atom is 0.389 e. The van der Waals surface area contributed by atoms with Gasteiger partial charge in [0.1, 0.15) is 0 Å². The van der Waals surface area contributed by atoms with Gasteiger partial charge in [0.2, 0.25) is 0 Å². The van der Waals surface area contributed by atoms with Crippen molar-refractivity contribution < 1.29 is 32.2 Å². The van der Waals surface area contributed by atoms with Crippen LogP contribution in [0.15, 0.2) is 12.2 Å². The van der Waals surface area contributed by atoms with Crippen molar-refractivity contribution in [1.29, 1.82) is 0 Å². The molecule has 0 saturated carbocycles. The van der Waals surface area contributed by atoms with Gasteiger partial charge in [-0.1, -0.05) is 6.58 Å². The second-order valence-corrected chi connectivity index (χ2v) is 3.61. The topological polar surface area (TPSA) is 52.6 Å². The van der Waals surface area contributed by atoms with Crippen molar-refractivity contribution in [2.45, 2.75) is 32.4 Å². The Bertz CT molecular complexity index is 310. The van der Waals surface area contributed by atoms with E-state index in [1.807, 2.05) is 0 Å². The molecule has 0 aromatic heterocycles. The molecule has 0 aromatic rings. The summed E-state index contributed by atoms with van der Waals surface area (Å²) in [4.78, 5) is 21.7.